The Labute approximate surface area is 161 Å². The number of nitrogens with zero attached hydrogens (tertiary/aromatic N) is 1. The van der Waals surface area contributed by atoms with E-state index in [1.54, 1.807) is 35.2 Å². The van der Waals surface area contributed by atoms with E-state index >= 15 is 0 Å². The maximum Gasteiger partial charge on any atom is 0.317 e. The van der Waals surface area contributed by atoms with Crippen molar-refractivity contribution in [2.75, 3.05) is 19.7 Å². The lowest BCUT2D eigenvalue weighted by Crippen LogP contribution is -2.46. The lowest BCUT2D eigenvalue weighted by molar-refractivity contribution is -0.0155. The zero-order valence-electron chi connectivity index (χ0n) is 14.5. The maximum absolute atomic E-state index is 13.3. The van der Waals surface area contributed by atoms with Crippen LogP contribution in [0.5, 0.6) is 0 Å². The van der Waals surface area contributed by atoms with E-state index in [2.05, 4.69) is 5.32 Å². The van der Waals surface area contributed by atoms with Crippen molar-refractivity contribution in [3.63, 3.8) is 0 Å². The van der Waals surface area contributed by atoms with E-state index in [1.165, 1.54) is 12.1 Å². The van der Waals surface area contributed by atoms with E-state index < -0.39 is 11.7 Å². The molecule has 8 heteroatoms. The summed E-state index contributed by atoms with van der Waals surface area (Å²) < 4.78 is 19.0. The van der Waals surface area contributed by atoms with Crippen LogP contribution in [0.25, 0.3) is 0 Å². The highest BCUT2D eigenvalue weighted by Crippen LogP contribution is 2.26. The van der Waals surface area contributed by atoms with Crippen LogP contribution in [0.15, 0.2) is 42.5 Å². The Hall–Kier alpha value is -2.64. The number of ether oxygens (including phenoxy) is 1. The molecule has 2 aromatic rings. The molecule has 0 bridgehead atoms. The van der Waals surface area contributed by atoms with Gasteiger partial charge in [-0.25, -0.2) is 9.18 Å². The number of nitrogens with two attached hydrogens (primary N) is 1. The average molecular weight is 392 g/mol. The summed E-state index contributed by atoms with van der Waals surface area (Å²) in [5.74, 6) is -0.987. The van der Waals surface area contributed by atoms with Crippen molar-refractivity contribution < 1.29 is 18.7 Å². The van der Waals surface area contributed by atoms with Gasteiger partial charge in [-0.2, -0.15) is 0 Å². The fraction of sp³-hybridized carbons (Fsp3) is 0.263. The third-order valence-electron chi connectivity index (χ3n) is 4.35. The minimum Gasteiger partial charge on any atom is -0.370 e. The number of rotatable bonds is 4. The zero-order chi connectivity index (χ0) is 19.4. The summed E-state index contributed by atoms with van der Waals surface area (Å²) in [6.45, 7) is 1.49. The van der Waals surface area contributed by atoms with Crippen molar-refractivity contribution in [1.29, 1.82) is 0 Å². The van der Waals surface area contributed by atoms with Crippen LogP contribution in [0.1, 0.15) is 27.6 Å². The third-order valence-corrected chi connectivity index (χ3v) is 4.64. The number of carbonyl (C=O) groups excluding carboxylic acids is 2. The largest absolute Gasteiger partial charge is 0.370 e. The first-order chi connectivity index (χ1) is 12.9. The molecular formula is C19H19ClFN3O3. The summed E-state index contributed by atoms with van der Waals surface area (Å²) in [4.78, 5) is 25.2. The van der Waals surface area contributed by atoms with Crippen LogP contribution in [-0.2, 0) is 11.3 Å². The molecule has 1 aliphatic rings. The second-order valence-electron chi connectivity index (χ2n) is 6.20. The van der Waals surface area contributed by atoms with Gasteiger partial charge in [0.05, 0.1) is 18.2 Å². The molecule has 6 nitrogen and oxygen atoms in total. The monoisotopic (exact) mass is 391 g/mol. The molecule has 0 aromatic heterocycles. The smallest absolute Gasteiger partial charge is 0.317 e. The zero-order valence-corrected chi connectivity index (χ0v) is 15.2. The lowest BCUT2D eigenvalue weighted by Gasteiger charge is -2.33. The molecule has 3 N–H and O–H groups in total. The average Bonchev–Trinajstić information content (AvgIpc) is 2.68. The molecule has 0 unspecified atom stereocenters. The summed E-state index contributed by atoms with van der Waals surface area (Å²) >= 11 is 5.83. The van der Waals surface area contributed by atoms with Gasteiger partial charge in [-0.1, -0.05) is 29.8 Å². The highest BCUT2D eigenvalue weighted by molar-refractivity contribution is 6.30. The van der Waals surface area contributed by atoms with Crippen molar-refractivity contribution in [2.45, 2.75) is 12.6 Å². The Kier molecular flexibility index (Phi) is 5.93. The number of benzene rings is 2. The summed E-state index contributed by atoms with van der Waals surface area (Å²) in [6.07, 6.45) is -0.363. The van der Waals surface area contributed by atoms with Gasteiger partial charge in [0.1, 0.15) is 11.9 Å². The number of urea groups is 1. The fourth-order valence-electron chi connectivity index (χ4n) is 2.82. The van der Waals surface area contributed by atoms with E-state index in [9.17, 15) is 14.0 Å². The molecule has 0 radical (unpaired) electrons. The molecule has 3 amide bonds. The molecule has 1 atom stereocenters. The SMILES string of the molecule is NC(=O)c1ccc(CNC(=O)N2CCO[C@H](c3ccc(F)c(Cl)c3)C2)cc1. The number of morpholine rings is 1. The molecule has 142 valence electrons. The van der Waals surface area contributed by atoms with Gasteiger partial charge in [0.2, 0.25) is 5.91 Å². The van der Waals surface area contributed by atoms with Gasteiger partial charge in [0.15, 0.2) is 0 Å². The maximum atomic E-state index is 13.3. The fourth-order valence-corrected chi connectivity index (χ4v) is 3.01. The lowest BCUT2D eigenvalue weighted by atomic mass is 10.1. The van der Waals surface area contributed by atoms with Crippen molar-refractivity contribution in [2.24, 2.45) is 5.73 Å². The molecule has 1 fully saturated rings. The van der Waals surface area contributed by atoms with Crippen molar-refractivity contribution in [1.82, 2.24) is 10.2 Å². The van der Waals surface area contributed by atoms with Crippen LogP contribution in [0.4, 0.5) is 9.18 Å². The molecule has 1 heterocycles. The molecule has 1 saturated heterocycles. The van der Waals surface area contributed by atoms with E-state index in [0.29, 0.717) is 31.8 Å². The molecule has 3 rings (SSSR count). The second-order valence-corrected chi connectivity index (χ2v) is 6.61. The number of nitrogens with one attached hydrogen (secondary N) is 1. The highest BCUT2D eigenvalue weighted by Gasteiger charge is 2.25. The number of halogens is 2. The number of carbonyl (C=O) groups is 2. The first-order valence-corrected chi connectivity index (χ1v) is 8.80. The quantitative estimate of drug-likeness (QED) is 0.840. The van der Waals surface area contributed by atoms with Crippen LogP contribution < -0.4 is 11.1 Å². The molecule has 0 aliphatic carbocycles. The second kappa shape index (κ2) is 8.37. The van der Waals surface area contributed by atoms with E-state index in [0.717, 1.165) is 11.1 Å². The summed E-state index contributed by atoms with van der Waals surface area (Å²) in [7, 11) is 0. The van der Waals surface area contributed by atoms with Gasteiger partial charge in [0, 0.05) is 18.7 Å². The van der Waals surface area contributed by atoms with E-state index in [1.807, 2.05) is 0 Å². The third kappa shape index (κ3) is 4.75. The molecule has 0 saturated carbocycles. The Morgan fingerprint density at radius 2 is 2.00 bits per heavy atom. The van der Waals surface area contributed by atoms with Crippen LogP contribution in [0.2, 0.25) is 5.02 Å². The number of primary amides is 1. The summed E-state index contributed by atoms with van der Waals surface area (Å²) in [5.41, 5.74) is 7.20. The first-order valence-electron chi connectivity index (χ1n) is 8.42. The Morgan fingerprint density at radius 1 is 1.26 bits per heavy atom. The van der Waals surface area contributed by atoms with Gasteiger partial charge < -0.3 is 20.7 Å². The minimum absolute atomic E-state index is 0.0251. The predicted octanol–water partition coefficient (Wildman–Crippen LogP) is 2.86. The van der Waals surface area contributed by atoms with Crippen LogP contribution in [0, 0.1) is 5.82 Å². The molecular weight excluding hydrogens is 373 g/mol. The molecule has 1 aliphatic heterocycles. The standard InChI is InChI=1S/C19H19ClFN3O3/c20-15-9-14(5-6-16(15)21)17-11-24(7-8-27-17)19(26)23-10-12-1-3-13(4-2-12)18(22)25/h1-6,9,17H,7-8,10-11H2,(H2,22,25)(H,23,26)/t17-/m0/s1. The number of hydrogen-bond acceptors (Lipinski definition) is 3. The summed E-state index contributed by atoms with van der Waals surface area (Å²) in [5, 5.41) is 2.86. The van der Waals surface area contributed by atoms with Gasteiger partial charge in [-0.3, -0.25) is 4.79 Å². The Balaban J connectivity index is 1.57. The van der Waals surface area contributed by atoms with Crippen LogP contribution in [-0.4, -0.2) is 36.5 Å². The molecule has 0 spiro atoms. The van der Waals surface area contributed by atoms with Crippen molar-refractivity contribution in [3.05, 3.63) is 70.0 Å². The van der Waals surface area contributed by atoms with Crippen LogP contribution in [0.3, 0.4) is 0 Å². The predicted molar refractivity (Wildman–Crippen MR) is 98.9 cm³/mol. The van der Waals surface area contributed by atoms with Crippen molar-refractivity contribution >= 4 is 23.5 Å². The Bertz CT molecular complexity index is 845. The van der Waals surface area contributed by atoms with Crippen LogP contribution >= 0.6 is 11.6 Å². The van der Waals surface area contributed by atoms with Gasteiger partial charge in [-0.15, -0.1) is 0 Å². The van der Waals surface area contributed by atoms with Gasteiger partial charge >= 0.3 is 6.03 Å². The van der Waals surface area contributed by atoms with E-state index in [4.69, 9.17) is 22.1 Å². The minimum atomic E-state index is -0.495. The molecule has 2 aromatic carbocycles. The highest BCUT2D eigenvalue weighted by atomic mass is 35.5. The van der Waals surface area contributed by atoms with Gasteiger partial charge in [0.25, 0.3) is 0 Å². The topological polar surface area (TPSA) is 84.7 Å². The number of amides is 3. The van der Waals surface area contributed by atoms with E-state index in [-0.39, 0.29) is 17.2 Å². The van der Waals surface area contributed by atoms with Gasteiger partial charge in [-0.05, 0) is 35.4 Å². The Morgan fingerprint density at radius 3 is 2.67 bits per heavy atom. The van der Waals surface area contributed by atoms with Crippen molar-refractivity contribution in [3.8, 4) is 0 Å². The number of hydrogen-bond donors (Lipinski definition) is 2. The first kappa shape index (κ1) is 19.1. The summed E-state index contributed by atoms with van der Waals surface area (Å²) in [6, 6.07) is 10.9. The normalized spacial score (nSPS) is 16.8. The molecule has 27 heavy (non-hydrogen) atoms.